The summed E-state index contributed by atoms with van der Waals surface area (Å²) < 4.78 is 0. The lowest BCUT2D eigenvalue weighted by Gasteiger charge is -2.06. The van der Waals surface area contributed by atoms with E-state index < -0.39 is 0 Å². The molecule has 2 aliphatic rings. The van der Waals surface area contributed by atoms with Gasteiger partial charge in [0.25, 0.3) is 0 Å². The second kappa shape index (κ2) is 4.21. The molecule has 2 fully saturated rings. The van der Waals surface area contributed by atoms with E-state index in [1.807, 2.05) is 0 Å². The van der Waals surface area contributed by atoms with E-state index in [4.69, 9.17) is 4.98 Å². The molecule has 2 N–H and O–H groups in total. The van der Waals surface area contributed by atoms with Crippen molar-refractivity contribution in [1.29, 1.82) is 0 Å². The highest BCUT2D eigenvalue weighted by atomic mass is 15.0. The first-order valence-corrected chi connectivity index (χ1v) is 6.68. The van der Waals surface area contributed by atoms with Crippen molar-refractivity contribution in [2.75, 3.05) is 6.54 Å². The largest absolute Gasteiger partial charge is 0.346 e. The Kier molecular flexibility index (Phi) is 2.72. The van der Waals surface area contributed by atoms with Crippen LogP contribution in [0.15, 0.2) is 0 Å². The van der Waals surface area contributed by atoms with Crippen molar-refractivity contribution >= 4 is 0 Å². The fourth-order valence-electron chi connectivity index (χ4n) is 2.70. The first-order chi connectivity index (χ1) is 7.86. The van der Waals surface area contributed by atoms with Crippen molar-refractivity contribution < 1.29 is 0 Å². The number of rotatable bonds is 4. The molecule has 0 amide bonds. The molecule has 3 heteroatoms. The number of hydrogen-bond acceptors (Lipinski definition) is 2. The zero-order chi connectivity index (χ0) is 11.0. The first kappa shape index (κ1) is 10.3. The van der Waals surface area contributed by atoms with Gasteiger partial charge in [0.1, 0.15) is 5.82 Å². The van der Waals surface area contributed by atoms with E-state index in [9.17, 15) is 0 Å². The molecule has 0 spiro atoms. The van der Waals surface area contributed by atoms with Crippen LogP contribution in [0.5, 0.6) is 0 Å². The molecule has 0 radical (unpaired) electrons. The predicted molar refractivity (Wildman–Crippen MR) is 64.7 cm³/mol. The Morgan fingerprint density at radius 1 is 1.31 bits per heavy atom. The molecule has 1 atom stereocenters. The number of aromatic nitrogens is 2. The van der Waals surface area contributed by atoms with E-state index in [2.05, 4.69) is 17.2 Å². The van der Waals surface area contributed by atoms with Gasteiger partial charge in [0.15, 0.2) is 0 Å². The van der Waals surface area contributed by atoms with Gasteiger partial charge in [0.2, 0.25) is 0 Å². The molecular weight excluding hydrogens is 198 g/mol. The molecule has 3 rings (SSSR count). The van der Waals surface area contributed by atoms with Gasteiger partial charge >= 0.3 is 0 Å². The monoisotopic (exact) mass is 219 g/mol. The zero-order valence-corrected chi connectivity index (χ0v) is 10.1. The van der Waals surface area contributed by atoms with Crippen LogP contribution in [-0.2, 0) is 12.8 Å². The number of nitrogens with zero attached hydrogens (tertiary/aromatic N) is 1. The first-order valence-electron chi connectivity index (χ1n) is 6.68. The molecule has 1 aliphatic carbocycles. The smallest absolute Gasteiger partial charge is 0.108 e. The molecule has 1 aromatic heterocycles. The van der Waals surface area contributed by atoms with Gasteiger partial charge in [-0.3, -0.25) is 0 Å². The summed E-state index contributed by atoms with van der Waals surface area (Å²) in [5.74, 6) is 1.98. The van der Waals surface area contributed by atoms with Crippen LogP contribution < -0.4 is 5.32 Å². The van der Waals surface area contributed by atoms with Crippen LogP contribution in [0.4, 0.5) is 0 Å². The molecule has 1 saturated carbocycles. The molecular formula is C13H21N3. The minimum absolute atomic E-state index is 0.655. The van der Waals surface area contributed by atoms with Crippen molar-refractivity contribution in [3.05, 3.63) is 17.2 Å². The molecule has 1 aromatic rings. The Morgan fingerprint density at radius 3 is 2.81 bits per heavy atom. The Balaban J connectivity index is 1.73. The van der Waals surface area contributed by atoms with Gasteiger partial charge in [-0.05, 0) is 38.6 Å². The standard InChI is InChI=1S/C13H21N3/c1-2-11-13(9-5-6-9)16-12(15-11)8-10-4-3-7-14-10/h9-10,14H,2-8H2,1H3,(H,15,16). The van der Waals surface area contributed by atoms with Gasteiger partial charge < -0.3 is 10.3 Å². The molecule has 1 aliphatic heterocycles. The third-order valence-corrected chi connectivity index (χ3v) is 3.78. The van der Waals surface area contributed by atoms with Crippen LogP contribution in [0, 0.1) is 0 Å². The van der Waals surface area contributed by atoms with E-state index in [0.717, 1.165) is 18.8 Å². The summed E-state index contributed by atoms with van der Waals surface area (Å²) in [6.45, 7) is 3.40. The number of nitrogens with one attached hydrogen (secondary N) is 2. The van der Waals surface area contributed by atoms with Gasteiger partial charge in [-0.1, -0.05) is 6.92 Å². The average Bonchev–Trinajstić information content (AvgIpc) is 2.86. The number of H-pyrrole nitrogens is 1. The minimum Gasteiger partial charge on any atom is -0.346 e. The fourth-order valence-corrected chi connectivity index (χ4v) is 2.70. The normalized spacial score (nSPS) is 25.2. The number of hydrogen-bond donors (Lipinski definition) is 2. The Morgan fingerprint density at radius 2 is 2.19 bits per heavy atom. The van der Waals surface area contributed by atoms with Crippen molar-refractivity contribution in [3.63, 3.8) is 0 Å². The van der Waals surface area contributed by atoms with Crippen molar-refractivity contribution in [1.82, 2.24) is 15.3 Å². The van der Waals surface area contributed by atoms with Crippen LogP contribution in [0.2, 0.25) is 0 Å². The fraction of sp³-hybridized carbons (Fsp3) is 0.769. The summed E-state index contributed by atoms with van der Waals surface area (Å²) in [6, 6.07) is 0.655. The van der Waals surface area contributed by atoms with E-state index in [0.29, 0.717) is 6.04 Å². The van der Waals surface area contributed by atoms with Crippen molar-refractivity contribution in [2.24, 2.45) is 0 Å². The van der Waals surface area contributed by atoms with Crippen LogP contribution >= 0.6 is 0 Å². The zero-order valence-electron chi connectivity index (χ0n) is 10.1. The Hall–Kier alpha value is -0.830. The highest BCUT2D eigenvalue weighted by Gasteiger charge is 2.29. The number of aryl methyl sites for hydroxylation is 1. The Labute approximate surface area is 97.0 Å². The molecule has 88 valence electrons. The summed E-state index contributed by atoms with van der Waals surface area (Å²) in [4.78, 5) is 8.34. The van der Waals surface area contributed by atoms with Gasteiger partial charge in [0, 0.05) is 24.1 Å². The second-order valence-corrected chi connectivity index (χ2v) is 5.17. The van der Waals surface area contributed by atoms with Gasteiger partial charge in [-0.25, -0.2) is 4.98 Å². The predicted octanol–water partition coefficient (Wildman–Crippen LogP) is 2.14. The summed E-state index contributed by atoms with van der Waals surface area (Å²) in [7, 11) is 0. The highest BCUT2D eigenvalue weighted by Crippen LogP contribution is 2.40. The molecule has 1 saturated heterocycles. The van der Waals surface area contributed by atoms with Gasteiger partial charge in [-0.15, -0.1) is 0 Å². The van der Waals surface area contributed by atoms with Gasteiger partial charge in [0.05, 0.1) is 5.69 Å². The van der Waals surface area contributed by atoms with E-state index in [-0.39, 0.29) is 0 Å². The van der Waals surface area contributed by atoms with Crippen LogP contribution in [-0.4, -0.2) is 22.6 Å². The number of imidazole rings is 1. The third kappa shape index (κ3) is 2.01. The summed E-state index contributed by atoms with van der Waals surface area (Å²) >= 11 is 0. The molecule has 3 nitrogen and oxygen atoms in total. The lowest BCUT2D eigenvalue weighted by atomic mass is 10.1. The van der Waals surface area contributed by atoms with E-state index in [1.54, 1.807) is 0 Å². The topological polar surface area (TPSA) is 40.7 Å². The lowest BCUT2D eigenvalue weighted by molar-refractivity contribution is 0.587. The van der Waals surface area contributed by atoms with Crippen molar-refractivity contribution in [3.8, 4) is 0 Å². The maximum Gasteiger partial charge on any atom is 0.108 e. The second-order valence-electron chi connectivity index (χ2n) is 5.17. The van der Waals surface area contributed by atoms with E-state index in [1.165, 1.54) is 49.4 Å². The molecule has 0 bridgehead atoms. The van der Waals surface area contributed by atoms with Crippen molar-refractivity contribution in [2.45, 2.75) is 57.4 Å². The van der Waals surface area contributed by atoms with E-state index >= 15 is 0 Å². The number of aromatic amines is 1. The third-order valence-electron chi connectivity index (χ3n) is 3.78. The molecule has 0 aromatic carbocycles. The lowest BCUT2D eigenvalue weighted by Crippen LogP contribution is -2.24. The van der Waals surface area contributed by atoms with Gasteiger partial charge in [-0.2, -0.15) is 0 Å². The summed E-state index contributed by atoms with van der Waals surface area (Å²) in [6.07, 6.45) is 7.50. The maximum absolute atomic E-state index is 4.81. The van der Waals surface area contributed by atoms with Crippen LogP contribution in [0.1, 0.15) is 55.7 Å². The SMILES string of the molecule is CCc1[nH]c(CC2CCCN2)nc1C1CC1. The quantitative estimate of drug-likeness (QED) is 0.814. The molecule has 16 heavy (non-hydrogen) atoms. The Bertz CT molecular complexity index is 359. The highest BCUT2D eigenvalue weighted by molar-refractivity contribution is 5.23. The van der Waals surface area contributed by atoms with Crippen LogP contribution in [0.25, 0.3) is 0 Å². The summed E-state index contributed by atoms with van der Waals surface area (Å²) in [5, 5.41) is 3.54. The molecule has 2 heterocycles. The summed E-state index contributed by atoms with van der Waals surface area (Å²) in [5.41, 5.74) is 2.76. The minimum atomic E-state index is 0.655. The maximum atomic E-state index is 4.81. The molecule has 1 unspecified atom stereocenters. The van der Waals surface area contributed by atoms with Crippen LogP contribution in [0.3, 0.4) is 0 Å². The average molecular weight is 219 g/mol.